The summed E-state index contributed by atoms with van der Waals surface area (Å²) >= 11 is 9.34. The molecule has 0 aliphatic carbocycles. The van der Waals surface area contributed by atoms with Gasteiger partial charge in [0.15, 0.2) is 0 Å². The number of carbonyl (C=O) groups is 1. The third kappa shape index (κ3) is 4.09. The van der Waals surface area contributed by atoms with Gasteiger partial charge in [-0.15, -0.1) is 0 Å². The smallest absolute Gasteiger partial charge is 0.261 e. The Hall–Kier alpha value is -1.57. The van der Waals surface area contributed by atoms with Crippen molar-refractivity contribution >= 4 is 49.1 Å². The van der Waals surface area contributed by atoms with Crippen molar-refractivity contribution in [2.24, 2.45) is 0 Å². The summed E-state index contributed by atoms with van der Waals surface area (Å²) in [6.45, 7) is 1.86. The molecule has 2 aromatic carbocycles. The van der Waals surface area contributed by atoms with Crippen molar-refractivity contribution in [1.29, 1.82) is 0 Å². The minimum absolute atomic E-state index is 0.0366. The Labute approximate surface area is 154 Å². The molecular formula is C16H16BrClN2O3S. The maximum absolute atomic E-state index is 12.6. The molecule has 0 aliphatic rings. The lowest BCUT2D eigenvalue weighted by Gasteiger charge is -2.14. The molecule has 8 heteroatoms. The van der Waals surface area contributed by atoms with Gasteiger partial charge in [-0.25, -0.2) is 8.42 Å². The van der Waals surface area contributed by atoms with Crippen LogP contribution in [0.1, 0.15) is 15.9 Å². The lowest BCUT2D eigenvalue weighted by molar-refractivity contribution is 0.0827. The highest BCUT2D eigenvalue weighted by molar-refractivity contribution is 9.10. The summed E-state index contributed by atoms with van der Waals surface area (Å²) in [7, 11) is -0.718. The van der Waals surface area contributed by atoms with Crippen LogP contribution < -0.4 is 4.72 Å². The molecule has 2 aromatic rings. The summed E-state index contributed by atoms with van der Waals surface area (Å²) in [5, 5.41) is 0.199. The summed E-state index contributed by atoms with van der Waals surface area (Å²) < 4.78 is 28.4. The summed E-state index contributed by atoms with van der Waals surface area (Å²) in [5.74, 6) is -0.367. The number of nitrogens with one attached hydrogen (secondary N) is 1. The standard InChI is InChI=1S/C16H16BrClN2O3S/c1-10-4-6-13(17)15(8-10)19-24(22,23)11-5-7-14(18)12(9-11)16(21)20(2)3/h4-9,19H,1-3H3. The van der Waals surface area contributed by atoms with Gasteiger partial charge in [-0.2, -0.15) is 0 Å². The molecule has 0 atom stereocenters. The van der Waals surface area contributed by atoms with E-state index in [0.717, 1.165) is 5.56 Å². The number of benzene rings is 2. The molecule has 0 radical (unpaired) electrons. The van der Waals surface area contributed by atoms with Crippen molar-refractivity contribution in [2.45, 2.75) is 11.8 Å². The van der Waals surface area contributed by atoms with Gasteiger partial charge in [0.1, 0.15) is 0 Å². The fourth-order valence-corrected chi connectivity index (χ4v) is 3.77. The van der Waals surface area contributed by atoms with E-state index in [4.69, 9.17) is 11.6 Å². The highest BCUT2D eigenvalue weighted by Gasteiger charge is 2.20. The molecule has 0 spiro atoms. The van der Waals surface area contributed by atoms with Crippen LogP contribution in [-0.2, 0) is 10.0 Å². The van der Waals surface area contributed by atoms with E-state index in [1.165, 1.54) is 23.1 Å². The van der Waals surface area contributed by atoms with Crippen molar-refractivity contribution in [2.75, 3.05) is 18.8 Å². The van der Waals surface area contributed by atoms with Crippen LogP contribution in [0.15, 0.2) is 45.8 Å². The van der Waals surface area contributed by atoms with Crippen LogP contribution in [0, 0.1) is 6.92 Å². The van der Waals surface area contributed by atoms with Crippen LogP contribution in [0.25, 0.3) is 0 Å². The minimum Gasteiger partial charge on any atom is -0.345 e. The van der Waals surface area contributed by atoms with E-state index in [2.05, 4.69) is 20.7 Å². The Bertz CT molecular complexity index is 898. The molecule has 1 amide bonds. The predicted octanol–water partition coefficient (Wildman–Crippen LogP) is 3.91. The molecule has 0 saturated heterocycles. The fraction of sp³-hybridized carbons (Fsp3) is 0.188. The molecular weight excluding hydrogens is 416 g/mol. The molecule has 2 rings (SSSR count). The first-order valence-corrected chi connectivity index (χ1v) is 9.57. The van der Waals surface area contributed by atoms with E-state index in [1.54, 1.807) is 26.2 Å². The van der Waals surface area contributed by atoms with Crippen molar-refractivity contribution in [3.8, 4) is 0 Å². The zero-order chi connectivity index (χ0) is 18.1. The highest BCUT2D eigenvalue weighted by Crippen LogP contribution is 2.27. The van der Waals surface area contributed by atoms with Crippen LogP contribution in [0.4, 0.5) is 5.69 Å². The molecule has 0 unspecified atom stereocenters. The average Bonchev–Trinajstić information content (AvgIpc) is 2.50. The summed E-state index contributed by atoms with van der Waals surface area (Å²) in [6.07, 6.45) is 0. The molecule has 0 aromatic heterocycles. The third-order valence-corrected chi connectivity index (χ3v) is 5.64. The largest absolute Gasteiger partial charge is 0.345 e. The van der Waals surface area contributed by atoms with Crippen LogP contribution in [0.3, 0.4) is 0 Å². The van der Waals surface area contributed by atoms with Crippen LogP contribution >= 0.6 is 27.5 Å². The van der Waals surface area contributed by atoms with Crippen LogP contribution in [0.5, 0.6) is 0 Å². The molecule has 0 saturated carbocycles. The number of nitrogens with zero attached hydrogens (tertiary/aromatic N) is 1. The van der Waals surface area contributed by atoms with Gasteiger partial charge in [-0.05, 0) is 58.7 Å². The van der Waals surface area contributed by atoms with Gasteiger partial charge in [0, 0.05) is 18.6 Å². The molecule has 0 fully saturated rings. The third-order valence-electron chi connectivity index (χ3n) is 3.25. The highest BCUT2D eigenvalue weighted by atomic mass is 79.9. The van der Waals surface area contributed by atoms with Gasteiger partial charge in [0.2, 0.25) is 0 Å². The molecule has 0 bridgehead atoms. The Morgan fingerprint density at radius 2 is 1.83 bits per heavy atom. The normalized spacial score (nSPS) is 11.2. The van der Waals surface area contributed by atoms with Crippen molar-refractivity contribution in [3.63, 3.8) is 0 Å². The first kappa shape index (κ1) is 18.8. The van der Waals surface area contributed by atoms with E-state index in [1.807, 2.05) is 13.0 Å². The van der Waals surface area contributed by atoms with Crippen molar-refractivity contribution < 1.29 is 13.2 Å². The van der Waals surface area contributed by atoms with Gasteiger partial charge in [-0.3, -0.25) is 9.52 Å². The number of carbonyl (C=O) groups excluding carboxylic acids is 1. The van der Waals surface area contributed by atoms with Crippen molar-refractivity contribution in [3.05, 3.63) is 57.0 Å². The Morgan fingerprint density at radius 3 is 2.46 bits per heavy atom. The summed E-state index contributed by atoms with van der Waals surface area (Å²) in [6, 6.07) is 9.37. The van der Waals surface area contributed by atoms with Gasteiger partial charge in [0.25, 0.3) is 15.9 Å². The van der Waals surface area contributed by atoms with E-state index in [-0.39, 0.29) is 21.4 Å². The number of anilines is 1. The van der Waals surface area contributed by atoms with Crippen LogP contribution in [-0.4, -0.2) is 33.3 Å². The quantitative estimate of drug-likeness (QED) is 0.798. The number of halogens is 2. The topological polar surface area (TPSA) is 66.5 Å². The zero-order valence-corrected chi connectivity index (χ0v) is 16.5. The molecule has 0 aliphatic heterocycles. The summed E-state index contributed by atoms with van der Waals surface area (Å²) in [5.41, 5.74) is 1.47. The number of rotatable bonds is 4. The SMILES string of the molecule is Cc1ccc(Br)c(NS(=O)(=O)c2ccc(Cl)c(C(=O)N(C)C)c2)c1. The first-order valence-electron chi connectivity index (χ1n) is 6.92. The Balaban J connectivity index is 2.45. The molecule has 1 N–H and O–H groups in total. The van der Waals surface area contributed by atoms with E-state index in [0.29, 0.717) is 10.2 Å². The molecule has 5 nitrogen and oxygen atoms in total. The van der Waals surface area contributed by atoms with E-state index < -0.39 is 10.0 Å². The summed E-state index contributed by atoms with van der Waals surface area (Å²) in [4.78, 5) is 13.4. The van der Waals surface area contributed by atoms with E-state index in [9.17, 15) is 13.2 Å². The van der Waals surface area contributed by atoms with Crippen molar-refractivity contribution in [1.82, 2.24) is 4.90 Å². The van der Waals surface area contributed by atoms with Crippen LogP contribution in [0.2, 0.25) is 5.02 Å². The van der Waals surface area contributed by atoms with Gasteiger partial charge in [-0.1, -0.05) is 17.7 Å². The lowest BCUT2D eigenvalue weighted by Crippen LogP contribution is -2.23. The van der Waals surface area contributed by atoms with Gasteiger partial charge >= 0.3 is 0 Å². The number of amides is 1. The number of sulfonamides is 1. The minimum atomic E-state index is -3.86. The second-order valence-corrected chi connectivity index (χ2v) is 8.37. The predicted molar refractivity (Wildman–Crippen MR) is 99.2 cm³/mol. The first-order chi connectivity index (χ1) is 11.1. The maximum Gasteiger partial charge on any atom is 0.261 e. The van der Waals surface area contributed by atoms with Gasteiger partial charge < -0.3 is 4.90 Å². The monoisotopic (exact) mass is 430 g/mol. The maximum atomic E-state index is 12.6. The molecule has 0 heterocycles. The Morgan fingerprint density at radius 1 is 1.17 bits per heavy atom. The number of hydrogen-bond donors (Lipinski definition) is 1. The Kier molecular flexibility index (Phi) is 5.57. The van der Waals surface area contributed by atoms with Gasteiger partial charge in [0.05, 0.1) is 21.2 Å². The number of hydrogen-bond acceptors (Lipinski definition) is 3. The zero-order valence-electron chi connectivity index (χ0n) is 13.3. The second kappa shape index (κ2) is 7.13. The molecule has 24 heavy (non-hydrogen) atoms. The average molecular weight is 432 g/mol. The fourth-order valence-electron chi connectivity index (χ4n) is 2.00. The second-order valence-electron chi connectivity index (χ2n) is 5.43. The van der Waals surface area contributed by atoms with E-state index >= 15 is 0 Å². The molecule has 128 valence electrons. The lowest BCUT2D eigenvalue weighted by atomic mass is 10.2. The number of aryl methyl sites for hydroxylation is 1.